The Balaban J connectivity index is 0.000000444. The van der Waals surface area contributed by atoms with Gasteiger partial charge in [0.05, 0.1) is 5.92 Å². The van der Waals surface area contributed by atoms with Gasteiger partial charge >= 0.3 is 11.9 Å². The van der Waals surface area contributed by atoms with Crippen LogP contribution in [0.5, 0.6) is 5.75 Å². The largest absolute Gasteiger partial charge is 0.507 e. The Morgan fingerprint density at radius 2 is 1.08 bits per heavy atom. The molecule has 2 heterocycles. The Morgan fingerprint density at radius 3 is 1.40 bits per heavy atom. The molecule has 1 unspecified atom stereocenters. The van der Waals surface area contributed by atoms with Crippen molar-refractivity contribution in [1.82, 2.24) is 9.80 Å². The van der Waals surface area contributed by atoms with Gasteiger partial charge in [-0.3, -0.25) is 19.4 Å². The van der Waals surface area contributed by atoms with Gasteiger partial charge in [-0.05, 0) is 110 Å². The fourth-order valence-corrected chi connectivity index (χ4v) is 7.72. The summed E-state index contributed by atoms with van der Waals surface area (Å²) in [6, 6.07) is 4.23. The smallest absolute Gasteiger partial charge is 0.308 e. The van der Waals surface area contributed by atoms with Crippen LogP contribution in [0.1, 0.15) is 160 Å². The van der Waals surface area contributed by atoms with Gasteiger partial charge in [-0.15, -0.1) is 0 Å². The van der Waals surface area contributed by atoms with Crippen LogP contribution >= 0.6 is 0 Å². The summed E-state index contributed by atoms with van der Waals surface area (Å²) in [6.07, 6.45) is 5.06. The molecule has 0 amide bonds. The van der Waals surface area contributed by atoms with Crippen molar-refractivity contribution in [3.8, 4) is 5.75 Å². The van der Waals surface area contributed by atoms with E-state index in [0.717, 1.165) is 49.7 Å². The summed E-state index contributed by atoms with van der Waals surface area (Å²) in [6.45, 7) is 33.9. The normalized spacial score (nSPS) is 22.3. The minimum atomic E-state index is -0.170. The fourth-order valence-electron chi connectivity index (χ4n) is 7.72. The highest BCUT2D eigenvalue weighted by Gasteiger charge is 2.45. The minimum absolute atomic E-state index is 0.00527. The lowest BCUT2D eigenvalue weighted by atomic mass is 9.78. The zero-order valence-electron chi connectivity index (χ0n) is 34.1. The van der Waals surface area contributed by atoms with E-state index in [9.17, 15) is 14.7 Å². The van der Waals surface area contributed by atoms with Crippen LogP contribution in [-0.4, -0.2) is 75.3 Å². The zero-order chi connectivity index (χ0) is 37.4. The van der Waals surface area contributed by atoms with Gasteiger partial charge in [0.2, 0.25) is 0 Å². The Bertz CT molecular complexity index is 1210. The second kappa shape index (κ2) is 14.6. The number of carbonyl (C=O) groups is 2. The number of benzene rings is 1. The fraction of sp³-hybridized carbons (Fsp3) is 0.805. The van der Waals surface area contributed by atoms with E-state index < -0.39 is 0 Å². The predicted molar refractivity (Wildman–Crippen MR) is 199 cm³/mol. The van der Waals surface area contributed by atoms with Gasteiger partial charge in [0.1, 0.15) is 18.0 Å². The number of aromatic hydroxyl groups is 1. The molecule has 1 N–H and O–H groups in total. The molecule has 0 bridgehead atoms. The van der Waals surface area contributed by atoms with Gasteiger partial charge in [0.15, 0.2) is 0 Å². The third-order valence-electron chi connectivity index (χ3n) is 11.2. The number of phenolic OH excluding ortho intramolecular Hbond substituents is 1. The summed E-state index contributed by atoms with van der Waals surface area (Å²) in [5, 5.41) is 11.0. The van der Waals surface area contributed by atoms with Gasteiger partial charge in [-0.1, -0.05) is 60.6 Å². The average molecular weight is 673 g/mol. The number of carbonyl (C=O) groups excluding carboxylic acids is 2. The van der Waals surface area contributed by atoms with Gasteiger partial charge in [0, 0.05) is 54.8 Å². The highest BCUT2D eigenvalue weighted by atomic mass is 16.5. The number of piperidine rings is 2. The highest BCUT2D eigenvalue weighted by molar-refractivity contribution is 5.72. The van der Waals surface area contributed by atoms with Crippen LogP contribution in [0.2, 0.25) is 0 Å². The average Bonchev–Trinajstić information content (AvgIpc) is 2.87. The molecular formula is C41H72N2O5. The molecule has 0 radical (unpaired) electrons. The maximum Gasteiger partial charge on any atom is 0.308 e. The van der Waals surface area contributed by atoms with E-state index in [2.05, 4.69) is 133 Å². The second-order valence-electron chi connectivity index (χ2n) is 19.5. The first kappa shape index (κ1) is 42.0. The van der Waals surface area contributed by atoms with Crippen LogP contribution in [0.3, 0.4) is 0 Å². The summed E-state index contributed by atoms with van der Waals surface area (Å²) in [7, 11) is 4.31. The van der Waals surface area contributed by atoms with Crippen molar-refractivity contribution < 1.29 is 24.2 Å². The van der Waals surface area contributed by atoms with E-state index in [1.54, 1.807) is 0 Å². The standard InChI is InChI=1S/C29H49NO3.C12H23NO2/c1-19(25(32)33-21-17-28(8,9)30(12)29(10,11)18-21)13-14-20-15-22(26(2,3)4)24(31)23(16-20)27(5,6)7;1-9(14)15-10-7-11(2,3)13(6)12(4,5)8-10/h15-16,19,21,31H,13-14,17-18H2,1-12H3;10H,7-8H2,1-6H3. The molecule has 2 aliphatic rings. The number of esters is 2. The lowest BCUT2D eigenvalue weighted by molar-refractivity contribution is -0.163. The quantitative estimate of drug-likeness (QED) is 0.302. The molecule has 1 aromatic carbocycles. The minimum Gasteiger partial charge on any atom is -0.507 e. The van der Waals surface area contributed by atoms with Crippen molar-refractivity contribution in [2.45, 2.75) is 194 Å². The molecule has 48 heavy (non-hydrogen) atoms. The summed E-state index contributed by atoms with van der Waals surface area (Å²) in [5.74, 6) is -0.0299. The predicted octanol–water partition coefficient (Wildman–Crippen LogP) is 8.95. The maximum absolute atomic E-state index is 13.0. The maximum atomic E-state index is 13.0. The van der Waals surface area contributed by atoms with Gasteiger partial charge in [0.25, 0.3) is 0 Å². The molecule has 3 rings (SSSR count). The lowest BCUT2D eigenvalue weighted by Crippen LogP contribution is -2.60. The Labute approximate surface area is 294 Å². The summed E-state index contributed by atoms with van der Waals surface area (Å²) < 4.78 is 11.4. The molecule has 2 saturated heterocycles. The molecule has 0 aliphatic carbocycles. The van der Waals surface area contributed by atoms with E-state index >= 15 is 0 Å². The summed E-state index contributed by atoms with van der Waals surface area (Å²) in [4.78, 5) is 28.7. The number of hydrogen-bond donors (Lipinski definition) is 1. The zero-order valence-corrected chi connectivity index (χ0v) is 34.1. The van der Waals surface area contributed by atoms with E-state index in [4.69, 9.17) is 9.47 Å². The number of rotatable bonds is 6. The van der Waals surface area contributed by atoms with Crippen molar-refractivity contribution >= 4 is 11.9 Å². The van der Waals surface area contributed by atoms with Crippen molar-refractivity contribution in [2.24, 2.45) is 5.92 Å². The van der Waals surface area contributed by atoms with Crippen molar-refractivity contribution in [1.29, 1.82) is 0 Å². The second-order valence-corrected chi connectivity index (χ2v) is 19.5. The number of ether oxygens (including phenoxy) is 2. The molecule has 7 nitrogen and oxygen atoms in total. The van der Waals surface area contributed by atoms with Gasteiger partial charge < -0.3 is 14.6 Å². The van der Waals surface area contributed by atoms with Crippen LogP contribution < -0.4 is 0 Å². The number of aryl methyl sites for hydroxylation is 1. The molecule has 0 saturated carbocycles. The first-order chi connectivity index (χ1) is 21.4. The van der Waals surface area contributed by atoms with Crippen LogP contribution in [0.4, 0.5) is 0 Å². The van der Waals surface area contributed by atoms with Crippen molar-refractivity contribution in [2.75, 3.05) is 14.1 Å². The van der Waals surface area contributed by atoms with E-state index in [1.165, 1.54) is 12.5 Å². The van der Waals surface area contributed by atoms with E-state index in [1.807, 2.05) is 6.92 Å². The van der Waals surface area contributed by atoms with Gasteiger partial charge in [-0.25, -0.2) is 0 Å². The molecule has 7 heteroatoms. The van der Waals surface area contributed by atoms with Crippen molar-refractivity contribution in [3.63, 3.8) is 0 Å². The number of phenols is 1. The SMILES string of the molecule is CC(=O)OC1CC(C)(C)N(C)C(C)(C)C1.CC(CCc1cc(C(C)(C)C)c(O)c(C(C)(C)C)c1)C(=O)OC1CC(C)(C)N(C)C(C)(C)C1. The third kappa shape index (κ3) is 10.7. The molecule has 276 valence electrons. The van der Waals surface area contributed by atoms with Crippen molar-refractivity contribution in [3.05, 3.63) is 28.8 Å². The number of nitrogens with zero attached hydrogens (tertiary/aromatic N) is 2. The molecule has 1 atom stereocenters. The van der Waals surface area contributed by atoms with Crippen LogP contribution in [0.15, 0.2) is 12.1 Å². The van der Waals surface area contributed by atoms with Gasteiger partial charge in [-0.2, -0.15) is 0 Å². The Kier molecular flexibility index (Phi) is 12.8. The van der Waals surface area contributed by atoms with E-state index in [0.29, 0.717) is 5.75 Å². The third-order valence-corrected chi connectivity index (χ3v) is 11.2. The summed E-state index contributed by atoms with van der Waals surface area (Å²) in [5.41, 5.74) is 2.96. The first-order valence-electron chi connectivity index (χ1n) is 18.1. The molecule has 2 aliphatic heterocycles. The monoisotopic (exact) mass is 673 g/mol. The Morgan fingerprint density at radius 1 is 0.750 bits per heavy atom. The number of likely N-dealkylation sites (tertiary alicyclic amines) is 2. The van der Waals surface area contributed by atoms with E-state index in [-0.39, 0.29) is 63.1 Å². The molecule has 2 fully saturated rings. The Hall–Kier alpha value is -2.12. The first-order valence-corrected chi connectivity index (χ1v) is 18.1. The van der Waals surface area contributed by atoms with Crippen LogP contribution in [0, 0.1) is 5.92 Å². The topological polar surface area (TPSA) is 79.3 Å². The van der Waals surface area contributed by atoms with Crippen LogP contribution in [-0.2, 0) is 36.3 Å². The molecule has 0 spiro atoms. The summed E-state index contributed by atoms with van der Waals surface area (Å²) >= 11 is 0. The molecule has 0 aromatic heterocycles. The molecule has 1 aromatic rings. The van der Waals surface area contributed by atoms with Crippen LogP contribution in [0.25, 0.3) is 0 Å². The highest BCUT2D eigenvalue weighted by Crippen LogP contribution is 2.41. The number of hydrogen-bond acceptors (Lipinski definition) is 7. The lowest BCUT2D eigenvalue weighted by Gasteiger charge is -2.53. The molecular weight excluding hydrogens is 600 g/mol.